The summed E-state index contributed by atoms with van der Waals surface area (Å²) in [5.41, 5.74) is 1.62. The van der Waals surface area contributed by atoms with Crippen LogP contribution < -0.4 is 4.90 Å². The van der Waals surface area contributed by atoms with Crippen LogP contribution in [-0.4, -0.2) is 41.3 Å². The van der Waals surface area contributed by atoms with Crippen molar-refractivity contribution in [3.05, 3.63) is 58.9 Å². The molecule has 2 heterocycles. The number of aromatic nitrogens is 1. The topological polar surface area (TPSA) is 53.5 Å². The largest absolute Gasteiger partial charge is 0.339 e. The first-order valence-electron chi connectivity index (χ1n) is 10.5. The van der Waals surface area contributed by atoms with E-state index in [1.807, 2.05) is 0 Å². The van der Waals surface area contributed by atoms with E-state index in [-0.39, 0.29) is 23.5 Å². The minimum atomic E-state index is -0.359. The summed E-state index contributed by atoms with van der Waals surface area (Å²) in [7, 11) is 0. The maximum atomic E-state index is 13.3. The van der Waals surface area contributed by atoms with E-state index in [2.05, 4.69) is 6.58 Å². The van der Waals surface area contributed by atoms with Crippen molar-refractivity contribution in [1.82, 2.24) is 9.88 Å². The van der Waals surface area contributed by atoms with Crippen LogP contribution in [-0.2, 0) is 17.6 Å². The summed E-state index contributed by atoms with van der Waals surface area (Å²) >= 11 is 1.63. The number of halogens is 1. The van der Waals surface area contributed by atoms with Crippen molar-refractivity contribution < 1.29 is 14.0 Å². The number of rotatable bonds is 5. The van der Waals surface area contributed by atoms with E-state index in [1.54, 1.807) is 27.2 Å². The lowest BCUT2D eigenvalue weighted by Crippen LogP contribution is -2.44. The van der Waals surface area contributed by atoms with Crippen molar-refractivity contribution in [2.45, 2.75) is 38.5 Å². The molecule has 1 aliphatic heterocycles. The van der Waals surface area contributed by atoms with E-state index >= 15 is 0 Å². The van der Waals surface area contributed by atoms with E-state index in [9.17, 15) is 14.0 Å². The van der Waals surface area contributed by atoms with Gasteiger partial charge in [0.2, 0.25) is 5.91 Å². The number of fused-ring (bicyclic) bond motifs is 1. The molecule has 2 aromatic rings. The number of likely N-dealkylation sites (tertiary alicyclic amines) is 1. The Kier molecular flexibility index (Phi) is 6.27. The molecule has 0 spiro atoms. The highest BCUT2D eigenvalue weighted by Crippen LogP contribution is 2.33. The van der Waals surface area contributed by atoms with Crippen molar-refractivity contribution in [3.63, 3.8) is 0 Å². The summed E-state index contributed by atoms with van der Waals surface area (Å²) in [5, 5.41) is 0.775. The number of aryl methyl sites for hydroxylation is 2. The lowest BCUT2D eigenvalue weighted by atomic mass is 9.95. The molecule has 1 fully saturated rings. The van der Waals surface area contributed by atoms with Gasteiger partial charge < -0.3 is 4.90 Å². The lowest BCUT2D eigenvalue weighted by molar-refractivity contribution is -0.123. The fraction of sp³-hybridized carbons (Fsp3) is 0.435. The minimum absolute atomic E-state index is 0.0647. The number of thiazole rings is 1. The Bertz CT molecular complexity index is 909. The van der Waals surface area contributed by atoms with Crippen LogP contribution in [0.5, 0.6) is 0 Å². The molecule has 1 aliphatic carbocycles. The fourth-order valence-corrected chi connectivity index (χ4v) is 5.33. The van der Waals surface area contributed by atoms with Crippen molar-refractivity contribution >= 4 is 28.3 Å². The van der Waals surface area contributed by atoms with Gasteiger partial charge in [-0.2, -0.15) is 0 Å². The van der Waals surface area contributed by atoms with Crippen LogP contribution in [0.15, 0.2) is 36.9 Å². The molecule has 30 heavy (non-hydrogen) atoms. The predicted molar refractivity (Wildman–Crippen MR) is 116 cm³/mol. The monoisotopic (exact) mass is 427 g/mol. The molecule has 0 unspecified atom stereocenters. The standard InChI is InChI=1S/C23H26FN3O2S/c1-2-13-27(23-25-19-5-3-4-6-20(19)30-23)22(29)17-11-14-26(15-12-17)21(28)16-7-9-18(24)10-8-16/h2,7-10,17H,1,3-6,11-15H2. The highest BCUT2D eigenvalue weighted by atomic mass is 32.1. The van der Waals surface area contributed by atoms with E-state index in [4.69, 9.17) is 4.98 Å². The van der Waals surface area contributed by atoms with E-state index < -0.39 is 0 Å². The number of nitrogens with zero attached hydrogens (tertiary/aromatic N) is 3. The third kappa shape index (κ3) is 4.31. The van der Waals surface area contributed by atoms with Gasteiger partial charge in [-0.3, -0.25) is 14.5 Å². The summed E-state index contributed by atoms with van der Waals surface area (Å²) in [4.78, 5) is 35.5. The van der Waals surface area contributed by atoms with Crippen molar-refractivity contribution in [3.8, 4) is 0 Å². The van der Waals surface area contributed by atoms with Crippen LogP contribution in [0.3, 0.4) is 0 Å². The summed E-state index contributed by atoms with van der Waals surface area (Å²) < 4.78 is 13.1. The number of benzene rings is 1. The van der Waals surface area contributed by atoms with Crippen molar-refractivity contribution in [2.75, 3.05) is 24.5 Å². The number of hydrogen-bond acceptors (Lipinski definition) is 4. The molecule has 1 aromatic heterocycles. The zero-order chi connectivity index (χ0) is 21.1. The minimum Gasteiger partial charge on any atom is -0.339 e. The smallest absolute Gasteiger partial charge is 0.253 e. The summed E-state index contributed by atoms with van der Waals surface area (Å²) in [6, 6.07) is 5.60. The van der Waals surface area contributed by atoms with E-state index in [1.165, 1.54) is 35.6 Å². The Morgan fingerprint density at radius 3 is 2.57 bits per heavy atom. The van der Waals surface area contributed by atoms with Gasteiger partial charge in [0.05, 0.1) is 5.69 Å². The summed E-state index contributed by atoms with van der Waals surface area (Å²) in [5.74, 6) is -0.545. The van der Waals surface area contributed by atoms with Crippen LogP contribution in [0.1, 0.15) is 46.6 Å². The van der Waals surface area contributed by atoms with Crippen LogP contribution in [0.4, 0.5) is 9.52 Å². The lowest BCUT2D eigenvalue weighted by Gasteiger charge is -2.33. The Morgan fingerprint density at radius 2 is 1.90 bits per heavy atom. The molecule has 4 rings (SSSR count). The van der Waals surface area contributed by atoms with Crippen molar-refractivity contribution in [1.29, 1.82) is 0 Å². The first kappa shape index (κ1) is 20.7. The number of piperidine rings is 1. The highest BCUT2D eigenvalue weighted by molar-refractivity contribution is 7.16. The van der Waals surface area contributed by atoms with Gasteiger partial charge in [-0.25, -0.2) is 9.37 Å². The summed E-state index contributed by atoms with van der Waals surface area (Å²) in [6.45, 7) is 5.29. The fourth-order valence-electron chi connectivity index (χ4n) is 4.17. The molecule has 1 aromatic carbocycles. The maximum absolute atomic E-state index is 13.3. The molecular formula is C23H26FN3O2S. The third-order valence-corrected chi connectivity index (χ3v) is 7.05. The van der Waals surface area contributed by atoms with Gasteiger partial charge in [0.25, 0.3) is 5.91 Å². The van der Waals surface area contributed by atoms with Crippen LogP contribution in [0, 0.1) is 11.7 Å². The number of hydrogen-bond donors (Lipinski definition) is 0. The second-order valence-corrected chi connectivity index (χ2v) is 8.95. The molecule has 1 saturated heterocycles. The normalized spacial score (nSPS) is 16.8. The van der Waals surface area contributed by atoms with Gasteiger partial charge in [0.1, 0.15) is 5.82 Å². The van der Waals surface area contributed by atoms with Gasteiger partial charge in [0, 0.05) is 36.0 Å². The number of carbonyl (C=O) groups excluding carboxylic acids is 2. The Balaban J connectivity index is 1.41. The molecule has 7 heteroatoms. The Labute approximate surface area is 180 Å². The van der Waals surface area contributed by atoms with Gasteiger partial charge in [-0.15, -0.1) is 17.9 Å². The second kappa shape index (κ2) is 9.08. The molecule has 2 amide bonds. The average molecular weight is 428 g/mol. The Morgan fingerprint density at radius 1 is 1.20 bits per heavy atom. The zero-order valence-electron chi connectivity index (χ0n) is 17.0. The SMILES string of the molecule is C=CCN(C(=O)C1CCN(C(=O)c2ccc(F)cc2)CC1)c1nc2c(s1)CCCC2. The first-order chi connectivity index (χ1) is 14.6. The highest BCUT2D eigenvalue weighted by Gasteiger charge is 2.32. The van der Waals surface area contributed by atoms with Gasteiger partial charge in [-0.1, -0.05) is 6.08 Å². The summed E-state index contributed by atoms with van der Waals surface area (Å²) in [6.07, 6.45) is 7.36. The number of carbonyl (C=O) groups is 2. The quantitative estimate of drug-likeness (QED) is 0.671. The molecule has 0 atom stereocenters. The van der Waals surface area contributed by atoms with E-state index in [0.29, 0.717) is 38.0 Å². The number of amides is 2. The predicted octanol–water partition coefficient (Wildman–Crippen LogP) is 4.23. The van der Waals surface area contributed by atoms with Crippen LogP contribution in [0.2, 0.25) is 0 Å². The second-order valence-electron chi connectivity index (χ2n) is 7.88. The zero-order valence-corrected chi connectivity index (χ0v) is 17.8. The van der Waals surface area contributed by atoms with Gasteiger partial charge >= 0.3 is 0 Å². The molecule has 0 radical (unpaired) electrons. The molecule has 0 N–H and O–H groups in total. The molecule has 158 valence electrons. The van der Waals surface area contributed by atoms with E-state index in [0.717, 1.165) is 30.1 Å². The average Bonchev–Trinajstić information content (AvgIpc) is 3.21. The van der Waals surface area contributed by atoms with Crippen LogP contribution >= 0.6 is 11.3 Å². The molecule has 2 aliphatic rings. The molecule has 5 nitrogen and oxygen atoms in total. The first-order valence-corrected chi connectivity index (χ1v) is 11.3. The molecule has 0 bridgehead atoms. The Hall–Kier alpha value is -2.54. The third-order valence-electron chi connectivity index (χ3n) is 5.87. The van der Waals surface area contributed by atoms with Crippen LogP contribution in [0.25, 0.3) is 0 Å². The van der Waals surface area contributed by atoms with Gasteiger partial charge in [-0.05, 0) is 62.8 Å². The molecule has 0 saturated carbocycles. The number of anilines is 1. The molecular weight excluding hydrogens is 401 g/mol. The van der Waals surface area contributed by atoms with Gasteiger partial charge in [0.15, 0.2) is 5.13 Å². The van der Waals surface area contributed by atoms with Crippen molar-refractivity contribution in [2.24, 2.45) is 5.92 Å². The maximum Gasteiger partial charge on any atom is 0.253 e.